The summed E-state index contributed by atoms with van der Waals surface area (Å²) in [5.41, 5.74) is 2.14. The van der Waals surface area contributed by atoms with Crippen LogP contribution >= 0.6 is 0 Å². The minimum Gasteiger partial charge on any atom is -0.478 e. The Hall–Kier alpha value is -0.790. The van der Waals surface area contributed by atoms with Gasteiger partial charge >= 0.3 is 5.97 Å². The molecule has 1 aliphatic rings. The van der Waals surface area contributed by atoms with Gasteiger partial charge in [0.1, 0.15) is 0 Å². The fourth-order valence-electron chi connectivity index (χ4n) is 3.05. The van der Waals surface area contributed by atoms with Crippen LogP contribution in [0.1, 0.15) is 53.9 Å². The minimum absolute atomic E-state index is 0.230. The summed E-state index contributed by atoms with van der Waals surface area (Å²) in [4.78, 5) is 11.0. The van der Waals surface area contributed by atoms with E-state index in [1.54, 1.807) is 6.92 Å². The van der Waals surface area contributed by atoms with Crippen molar-refractivity contribution in [3.8, 4) is 0 Å². The van der Waals surface area contributed by atoms with E-state index in [2.05, 4.69) is 27.7 Å². The molecule has 0 aromatic rings. The normalized spacial score (nSPS) is 23.7. The van der Waals surface area contributed by atoms with Crippen molar-refractivity contribution in [2.75, 3.05) is 0 Å². The molecule has 0 aromatic heterocycles. The van der Waals surface area contributed by atoms with Crippen LogP contribution in [0, 0.1) is 10.8 Å². The van der Waals surface area contributed by atoms with E-state index in [1.807, 2.05) is 0 Å². The van der Waals surface area contributed by atoms with E-state index in [0.717, 1.165) is 24.8 Å². The fourth-order valence-corrected chi connectivity index (χ4v) is 3.05. The van der Waals surface area contributed by atoms with E-state index in [0.29, 0.717) is 5.57 Å². The molecule has 0 aromatic carbocycles. The topological polar surface area (TPSA) is 37.3 Å². The first-order chi connectivity index (χ1) is 6.63. The van der Waals surface area contributed by atoms with Gasteiger partial charge in [0.05, 0.1) is 0 Å². The monoisotopic (exact) mass is 210 g/mol. The zero-order valence-electron chi connectivity index (χ0n) is 10.5. The molecule has 0 amide bonds. The number of carboxylic acids is 1. The summed E-state index contributed by atoms with van der Waals surface area (Å²) in [6, 6.07) is 0. The molecule has 1 saturated carbocycles. The first-order valence-electron chi connectivity index (χ1n) is 5.55. The fraction of sp³-hybridized carbons (Fsp3) is 0.769. The van der Waals surface area contributed by atoms with E-state index >= 15 is 0 Å². The van der Waals surface area contributed by atoms with E-state index < -0.39 is 5.97 Å². The summed E-state index contributed by atoms with van der Waals surface area (Å²) >= 11 is 0. The zero-order valence-corrected chi connectivity index (χ0v) is 10.5. The number of carboxylic acid groups (broad SMARTS) is 1. The summed E-state index contributed by atoms with van der Waals surface area (Å²) in [6.07, 6.45) is 3.01. The van der Waals surface area contributed by atoms with Crippen LogP contribution < -0.4 is 0 Å². The number of allylic oxidation sites excluding steroid dienone is 1. The minimum atomic E-state index is -0.765. The van der Waals surface area contributed by atoms with Crippen LogP contribution in [-0.2, 0) is 4.79 Å². The third-order valence-corrected chi connectivity index (χ3v) is 3.19. The van der Waals surface area contributed by atoms with E-state index in [1.165, 1.54) is 0 Å². The molecule has 0 aliphatic heterocycles. The molecule has 0 bridgehead atoms. The Bertz CT molecular complexity index is 290. The molecule has 0 atom stereocenters. The van der Waals surface area contributed by atoms with Gasteiger partial charge in [-0.3, -0.25) is 0 Å². The lowest BCUT2D eigenvalue weighted by molar-refractivity contribution is -0.132. The van der Waals surface area contributed by atoms with E-state index in [4.69, 9.17) is 5.11 Å². The average Bonchev–Trinajstić information content (AvgIpc) is 1.96. The lowest BCUT2D eigenvalue weighted by Gasteiger charge is -2.42. The second-order valence-corrected chi connectivity index (χ2v) is 6.39. The summed E-state index contributed by atoms with van der Waals surface area (Å²) in [5.74, 6) is -0.765. The molecule has 0 heterocycles. The molecule has 2 heteroatoms. The highest BCUT2D eigenvalue weighted by atomic mass is 16.4. The molecule has 1 aliphatic carbocycles. The maximum atomic E-state index is 11.0. The lowest BCUT2D eigenvalue weighted by atomic mass is 9.63. The van der Waals surface area contributed by atoms with Crippen LogP contribution in [0.4, 0.5) is 0 Å². The second-order valence-electron chi connectivity index (χ2n) is 6.39. The number of rotatable bonds is 1. The molecule has 0 unspecified atom stereocenters. The van der Waals surface area contributed by atoms with Crippen molar-refractivity contribution in [1.82, 2.24) is 0 Å². The maximum absolute atomic E-state index is 11.0. The van der Waals surface area contributed by atoms with Crippen molar-refractivity contribution in [3.05, 3.63) is 11.1 Å². The molecule has 1 fully saturated rings. The highest BCUT2D eigenvalue weighted by molar-refractivity contribution is 5.86. The van der Waals surface area contributed by atoms with Gasteiger partial charge in [-0.15, -0.1) is 0 Å². The highest BCUT2D eigenvalue weighted by Gasteiger charge is 2.36. The number of carbonyl (C=O) groups is 1. The Kier molecular flexibility index (Phi) is 2.99. The van der Waals surface area contributed by atoms with Crippen LogP contribution in [0.15, 0.2) is 11.1 Å². The van der Waals surface area contributed by atoms with Gasteiger partial charge in [-0.25, -0.2) is 4.79 Å². The quantitative estimate of drug-likeness (QED) is 0.671. The summed E-state index contributed by atoms with van der Waals surface area (Å²) < 4.78 is 0. The van der Waals surface area contributed by atoms with Crippen LogP contribution in [0.25, 0.3) is 0 Å². The van der Waals surface area contributed by atoms with Crippen molar-refractivity contribution >= 4 is 5.97 Å². The summed E-state index contributed by atoms with van der Waals surface area (Å²) in [6.45, 7) is 10.6. The molecular weight excluding hydrogens is 188 g/mol. The van der Waals surface area contributed by atoms with Crippen molar-refractivity contribution in [2.45, 2.75) is 53.9 Å². The number of aliphatic carboxylic acids is 1. The Morgan fingerprint density at radius 2 is 1.53 bits per heavy atom. The maximum Gasteiger partial charge on any atom is 0.331 e. The van der Waals surface area contributed by atoms with Gasteiger partial charge in [-0.2, -0.15) is 0 Å². The Balaban J connectivity index is 3.04. The summed E-state index contributed by atoms with van der Waals surface area (Å²) in [5, 5.41) is 9.02. The van der Waals surface area contributed by atoms with Crippen molar-refractivity contribution in [2.24, 2.45) is 10.8 Å². The van der Waals surface area contributed by atoms with Crippen LogP contribution in [0.3, 0.4) is 0 Å². The average molecular weight is 210 g/mol. The molecular formula is C13H22O2. The standard InChI is InChI=1S/C13H22O2/c1-9(11(14)15)10-6-12(2,3)8-13(4,5)7-10/h6-8H2,1-5H3,(H,14,15). The molecule has 0 radical (unpaired) electrons. The van der Waals surface area contributed by atoms with Gasteiger partial charge in [0.15, 0.2) is 0 Å². The van der Waals surface area contributed by atoms with E-state index in [-0.39, 0.29) is 10.8 Å². The first kappa shape index (κ1) is 12.3. The summed E-state index contributed by atoms with van der Waals surface area (Å²) in [7, 11) is 0. The molecule has 0 saturated heterocycles. The third kappa shape index (κ3) is 3.08. The smallest absolute Gasteiger partial charge is 0.331 e. The van der Waals surface area contributed by atoms with Gasteiger partial charge in [-0.05, 0) is 37.0 Å². The molecule has 0 spiro atoms. The molecule has 86 valence electrons. The van der Waals surface area contributed by atoms with Gasteiger partial charge in [0.2, 0.25) is 0 Å². The van der Waals surface area contributed by atoms with Crippen molar-refractivity contribution < 1.29 is 9.90 Å². The lowest BCUT2D eigenvalue weighted by Crippen LogP contribution is -2.30. The van der Waals surface area contributed by atoms with Gasteiger partial charge in [0.25, 0.3) is 0 Å². The highest BCUT2D eigenvalue weighted by Crippen LogP contribution is 2.48. The SMILES string of the molecule is CC(C(=O)O)=C1CC(C)(C)CC(C)(C)C1. The Morgan fingerprint density at radius 1 is 1.13 bits per heavy atom. The van der Waals surface area contributed by atoms with Gasteiger partial charge in [0, 0.05) is 5.57 Å². The largest absolute Gasteiger partial charge is 0.478 e. The zero-order chi connectivity index (χ0) is 11.9. The molecule has 15 heavy (non-hydrogen) atoms. The first-order valence-corrected chi connectivity index (χ1v) is 5.55. The van der Waals surface area contributed by atoms with Gasteiger partial charge < -0.3 is 5.11 Å². The number of hydrogen-bond acceptors (Lipinski definition) is 1. The molecule has 2 nitrogen and oxygen atoms in total. The van der Waals surface area contributed by atoms with E-state index in [9.17, 15) is 4.79 Å². The Labute approximate surface area is 92.4 Å². The molecule has 1 rings (SSSR count). The predicted molar refractivity (Wildman–Crippen MR) is 61.7 cm³/mol. The van der Waals surface area contributed by atoms with Gasteiger partial charge in [-0.1, -0.05) is 33.3 Å². The molecule has 1 N–H and O–H groups in total. The second kappa shape index (κ2) is 3.66. The van der Waals surface area contributed by atoms with Crippen LogP contribution in [0.5, 0.6) is 0 Å². The van der Waals surface area contributed by atoms with Crippen molar-refractivity contribution in [3.63, 3.8) is 0 Å². The number of hydrogen-bond donors (Lipinski definition) is 1. The van der Waals surface area contributed by atoms with Crippen LogP contribution in [0.2, 0.25) is 0 Å². The predicted octanol–water partition coefficient (Wildman–Crippen LogP) is 3.62. The Morgan fingerprint density at radius 3 is 1.87 bits per heavy atom. The van der Waals surface area contributed by atoms with Crippen LogP contribution in [-0.4, -0.2) is 11.1 Å². The third-order valence-electron chi connectivity index (χ3n) is 3.19. The van der Waals surface area contributed by atoms with Crippen molar-refractivity contribution in [1.29, 1.82) is 0 Å².